The van der Waals surface area contributed by atoms with Crippen LogP contribution in [0.5, 0.6) is 0 Å². The minimum absolute atomic E-state index is 0.0307. The number of fused-ring (bicyclic) bond motifs is 1. The highest BCUT2D eigenvalue weighted by molar-refractivity contribution is 5.99. The van der Waals surface area contributed by atoms with Gasteiger partial charge in [0.15, 0.2) is 5.78 Å². The molecule has 1 aromatic carbocycles. The highest BCUT2D eigenvalue weighted by atomic mass is 16.5. The van der Waals surface area contributed by atoms with Crippen LogP contribution in [0.25, 0.3) is 0 Å². The molecule has 0 aromatic heterocycles. The van der Waals surface area contributed by atoms with Crippen LogP contribution in [0, 0.1) is 5.92 Å². The van der Waals surface area contributed by atoms with Gasteiger partial charge in [0.05, 0.1) is 6.54 Å². The summed E-state index contributed by atoms with van der Waals surface area (Å²) in [5, 5.41) is 13.2. The molecule has 0 aliphatic carbocycles. The van der Waals surface area contributed by atoms with E-state index in [4.69, 9.17) is 4.74 Å². The molecule has 2 N–H and O–H groups in total. The van der Waals surface area contributed by atoms with Gasteiger partial charge in [-0.3, -0.25) is 19.3 Å². The Morgan fingerprint density at radius 3 is 2.46 bits per heavy atom. The van der Waals surface area contributed by atoms with Crippen molar-refractivity contribution in [2.45, 2.75) is 57.9 Å². The lowest BCUT2D eigenvalue weighted by Crippen LogP contribution is -2.54. The molecule has 0 saturated carbocycles. The predicted molar refractivity (Wildman–Crippen MR) is 132 cm³/mol. The number of nitrogens with one attached hydrogen (secondary N) is 1. The molecule has 1 aromatic rings. The van der Waals surface area contributed by atoms with Gasteiger partial charge in [-0.15, -0.1) is 0 Å². The first-order chi connectivity index (χ1) is 16.8. The minimum Gasteiger partial charge on any atom is -0.388 e. The van der Waals surface area contributed by atoms with Crippen LogP contribution < -0.4 is 10.2 Å². The third kappa shape index (κ3) is 5.37. The SMILES string of the molecule is CCCN1CCN(c2ccc(C(=O)N[C@H](C(=O)N3C[C@@H](O)[C@H]4OCC(=O)[C@H]43)[C@@H](C)CC)cc2)CC1. The summed E-state index contributed by atoms with van der Waals surface area (Å²) in [4.78, 5) is 45.1. The van der Waals surface area contributed by atoms with Crippen LogP contribution in [0.15, 0.2) is 24.3 Å². The summed E-state index contributed by atoms with van der Waals surface area (Å²) in [6, 6.07) is 5.94. The van der Waals surface area contributed by atoms with Crippen molar-refractivity contribution in [1.29, 1.82) is 0 Å². The monoisotopic (exact) mass is 486 g/mol. The van der Waals surface area contributed by atoms with Crippen molar-refractivity contribution in [2.75, 3.05) is 50.8 Å². The summed E-state index contributed by atoms with van der Waals surface area (Å²) in [6.45, 7) is 11.1. The molecule has 0 spiro atoms. The van der Waals surface area contributed by atoms with E-state index in [1.54, 1.807) is 12.1 Å². The second kappa shape index (κ2) is 11.1. The first kappa shape index (κ1) is 25.6. The Morgan fingerprint density at radius 1 is 1.14 bits per heavy atom. The smallest absolute Gasteiger partial charge is 0.251 e. The Balaban J connectivity index is 1.42. The molecule has 35 heavy (non-hydrogen) atoms. The van der Waals surface area contributed by atoms with E-state index < -0.39 is 24.3 Å². The van der Waals surface area contributed by atoms with E-state index in [1.165, 1.54) is 4.90 Å². The number of piperazine rings is 1. The van der Waals surface area contributed by atoms with Gasteiger partial charge >= 0.3 is 0 Å². The number of amides is 2. The molecule has 0 radical (unpaired) electrons. The number of carbonyl (C=O) groups excluding carboxylic acids is 3. The molecular formula is C26H38N4O5. The van der Waals surface area contributed by atoms with Crippen molar-refractivity contribution in [3.05, 3.63) is 29.8 Å². The average Bonchev–Trinajstić information content (AvgIpc) is 3.42. The number of ether oxygens (including phenoxy) is 1. The zero-order chi connectivity index (χ0) is 25.1. The number of ketones is 1. The van der Waals surface area contributed by atoms with Crippen molar-refractivity contribution >= 4 is 23.3 Å². The molecule has 9 nitrogen and oxygen atoms in total. The van der Waals surface area contributed by atoms with E-state index in [-0.39, 0.29) is 36.7 Å². The van der Waals surface area contributed by atoms with Crippen molar-refractivity contribution in [1.82, 2.24) is 15.1 Å². The largest absolute Gasteiger partial charge is 0.388 e. The maximum absolute atomic E-state index is 13.5. The highest BCUT2D eigenvalue weighted by Gasteiger charge is 2.53. The Hall–Kier alpha value is -2.49. The minimum atomic E-state index is -0.903. The molecule has 192 valence electrons. The maximum Gasteiger partial charge on any atom is 0.251 e. The number of Topliss-reactive ketones (excluding diaryl/α,β-unsaturated/α-hetero) is 1. The quantitative estimate of drug-likeness (QED) is 0.563. The number of rotatable bonds is 8. The molecule has 3 fully saturated rings. The molecule has 5 atom stereocenters. The Morgan fingerprint density at radius 2 is 1.83 bits per heavy atom. The van der Waals surface area contributed by atoms with Gasteiger partial charge in [0.2, 0.25) is 5.91 Å². The first-order valence-electron chi connectivity index (χ1n) is 12.8. The number of nitrogens with zero attached hydrogens (tertiary/aromatic N) is 3. The van der Waals surface area contributed by atoms with E-state index in [1.807, 2.05) is 26.0 Å². The van der Waals surface area contributed by atoms with Gasteiger partial charge in [-0.2, -0.15) is 0 Å². The zero-order valence-electron chi connectivity index (χ0n) is 21.0. The van der Waals surface area contributed by atoms with E-state index in [9.17, 15) is 19.5 Å². The fourth-order valence-electron chi connectivity index (χ4n) is 5.31. The molecule has 3 aliphatic heterocycles. The van der Waals surface area contributed by atoms with Crippen molar-refractivity contribution in [2.24, 2.45) is 5.92 Å². The van der Waals surface area contributed by atoms with Crippen molar-refractivity contribution in [3.63, 3.8) is 0 Å². The predicted octanol–water partition coefficient (Wildman–Crippen LogP) is 0.903. The lowest BCUT2D eigenvalue weighted by molar-refractivity contribution is -0.139. The number of benzene rings is 1. The van der Waals surface area contributed by atoms with Crippen LogP contribution in [-0.4, -0.2) is 103 Å². The van der Waals surface area contributed by atoms with E-state index in [2.05, 4.69) is 22.0 Å². The van der Waals surface area contributed by atoms with E-state index >= 15 is 0 Å². The number of β-amino-alcohol motifs (C(OH)–C–C–N with tert-alkyl or cyclic N) is 1. The number of hydrogen-bond donors (Lipinski definition) is 2. The van der Waals surface area contributed by atoms with Crippen molar-refractivity contribution in [3.8, 4) is 0 Å². The second-order valence-electron chi connectivity index (χ2n) is 9.96. The summed E-state index contributed by atoms with van der Waals surface area (Å²) in [5.41, 5.74) is 1.57. The van der Waals surface area contributed by atoms with Crippen LogP contribution in [0.3, 0.4) is 0 Å². The van der Waals surface area contributed by atoms with Gasteiger partial charge in [0, 0.05) is 37.4 Å². The molecule has 0 unspecified atom stereocenters. The molecule has 2 amide bonds. The summed E-state index contributed by atoms with van der Waals surface area (Å²) in [5.74, 6) is -1.02. The molecule has 9 heteroatoms. The molecule has 3 saturated heterocycles. The first-order valence-corrected chi connectivity index (χ1v) is 12.8. The topological polar surface area (TPSA) is 102 Å². The highest BCUT2D eigenvalue weighted by Crippen LogP contribution is 2.29. The molecule has 0 bridgehead atoms. The lowest BCUT2D eigenvalue weighted by Gasteiger charge is -2.36. The third-order valence-corrected chi connectivity index (χ3v) is 7.61. The third-order valence-electron chi connectivity index (χ3n) is 7.61. The van der Waals surface area contributed by atoms with Gasteiger partial charge in [-0.1, -0.05) is 27.2 Å². The van der Waals surface area contributed by atoms with Crippen LogP contribution >= 0.6 is 0 Å². The standard InChI is InChI=1S/C26H38N4O5/c1-4-10-28-11-13-29(14-12-28)19-8-6-18(7-9-19)25(33)27-22(17(3)5-2)26(34)30-15-20(31)24-23(30)21(32)16-35-24/h6-9,17,20,22-24,31H,4-5,10-16H2,1-3H3,(H,27,33)/t17-,20+,22-,23+,24+/m0/s1. The molecule has 3 heterocycles. The maximum atomic E-state index is 13.5. The summed E-state index contributed by atoms with van der Waals surface area (Å²) in [7, 11) is 0. The van der Waals surface area contributed by atoms with Crippen LogP contribution in [-0.2, 0) is 14.3 Å². The fourth-order valence-corrected chi connectivity index (χ4v) is 5.31. The van der Waals surface area contributed by atoms with Gasteiger partial charge in [-0.25, -0.2) is 0 Å². The molecular weight excluding hydrogens is 448 g/mol. The van der Waals surface area contributed by atoms with Gasteiger partial charge < -0.3 is 25.0 Å². The van der Waals surface area contributed by atoms with Gasteiger partial charge in [-0.05, 0) is 43.1 Å². The number of aliphatic hydroxyl groups is 1. The van der Waals surface area contributed by atoms with Crippen molar-refractivity contribution < 1.29 is 24.2 Å². The zero-order valence-corrected chi connectivity index (χ0v) is 21.0. The van der Waals surface area contributed by atoms with Crippen LogP contribution in [0.1, 0.15) is 44.0 Å². The molecule has 3 aliphatic rings. The number of likely N-dealkylation sites (tertiary alicyclic amines) is 1. The number of anilines is 1. The van der Waals surface area contributed by atoms with Gasteiger partial charge in [0.25, 0.3) is 5.91 Å². The van der Waals surface area contributed by atoms with Gasteiger partial charge in [0.1, 0.15) is 30.9 Å². The Labute approximate surface area is 207 Å². The fraction of sp³-hybridized carbons (Fsp3) is 0.654. The van der Waals surface area contributed by atoms with Crippen LogP contribution in [0.4, 0.5) is 5.69 Å². The van der Waals surface area contributed by atoms with E-state index in [0.29, 0.717) is 12.0 Å². The average molecular weight is 487 g/mol. The van der Waals surface area contributed by atoms with E-state index in [0.717, 1.165) is 44.8 Å². The van der Waals surface area contributed by atoms with Crippen LogP contribution in [0.2, 0.25) is 0 Å². The lowest BCUT2D eigenvalue weighted by atomic mass is 9.96. The number of hydrogen-bond acceptors (Lipinski definition) is 7. The molecule has 4 rings (SSSR count). The number of carbonyl (C=O) groups is 3. The normalized spacial score (nSPS) is 26.5. The summed E-state index contributed by atoms with van der Waals surface area (Å²) < 4.78 is 5.39. The Kier molecular flexibility index (Phi) is 8.09. The second-order valence-corrected chi connectivity index (χ2v) is 9.96. The summed E-state index contributed by atoms with van der Waals surface area (Å²) >= 11 is 0. The summed E-state index contributed by atoms with van der Waals surface area (Å²) in [6.07, 6.45) is 0.249. The number of aliphatic hydroxyl groups excluding tert-OH is 1. The Bertz CT molecular complexity index is 915.